The minimum atomic E-state index is 0.576. The second-order valence-corrected chi connectivity index (χ2v) is 3.12. The summed E-state index contributed by atoms with van der Waals surface area (Å²) in [5.41, 5.74) is 0. The number of nitrogens with one attached hydrogen (secondary N) is 1. The van der Waals surface area contributed by atoms with Gasteiger partial charge in [0.05, 0.1) is 0 Å². The zero-order chi connectivity index (χ0) is 8.39. The quantitative estimate of drug-likeness (QED) is 0.690. The molecule has 1 N–H and O–H groups in total. The first-order valence-electron chi connectivity index (χ1n) is 4.50. The molecular formula is C8H14N4. The van der Waals surface area contributed by atoms with E-state index in [0.717, 1.165) is 25.5 Å². The summed E-state index contributed by atoms with van der Waals surface area (Å²) in [5, 5.41) is 7.49. The summed E-state index contributed by atoms with van der Waals surface area (Å²) < 4.78 is 1.98. The van der Waals surface area contributed by atoms with Crippen LogP contribution in [0.1, 0.15) is 25.1 Å². The van der Waals surface area contributed by atoms with Crippen LogP contribution in [0.25, 0.3) is 0 Å². The van der Waals surface area contributed by atoms with E-state index in [1.807, 2.05) is 4.68 Å². The van der Waals surface area contributed by atoms with Crippen molar-refractivity contribution in [2.24, 2.45) is 0 Å². The standard InChI is InChI=1S/C8H14N4/c1-2-12-8(10-6-11-12)7-3-4-9-5-7/h6-7,9H,2-5H2,1H3. The molecule has 1 saturated heterocycles. The molecule has 12 heavy (non-hydrogen) atoms. The third-order valence-electron chi connectivity index (χ3n) is 2.37. The molecule has 1 atom stereocenters. The Balaban J connectivity index is 2.19. The van der Waals surface area contributed by atoms with E-state index in [0.29, 0.717) is 5.92 Å². The smallest absolute Gasteiger partial charge is 0.138 e. The third kappa shape index (κ3) is 1.22. The molecule has 66 valence electrons. The molecule has 0 aliphatic carbocycles. The average molecular weight is 166 g/mol. The molecule has 2 heterocycles. The van der Waals surface area contributed by atoms with Crippen molar-refractivity contribution in [2.45, 2.75) is 25.8 Å². The van der Waals surface area contributed by atoms with Gasteiger partial charge in [0.15, 0.2) is 0 Å². The molecule has 0 saturated carbocycles. The van der Waals surface area contributed by atoms with Crippen LogP contribution >= 0.6 is 0 Å². The van der Waals surface area contributed by atoms with Crippen LogP contribution in [-0.4, -0.2) is 27.9 Å². The van der Waals surface area contributed by atoms with Crippen LogP contribution < -0.4 is 5.32 Å². The van der Waals surface area contributed by atoms with Crippen molar-refractivity contribution in [2.75, 3.05) is 13.1 Å². The second-order valence-electron chi connectivity index (χ2n) is 3.12. The van der Waals surface area contributed by atoms with Gasteiger partial charge in [-0.2, -0.15) is 5.10 Å². The number of aryl methyl sites for hydroxylation is 1. The highest BCUT2D eigenvalue weighted by molar-refractivity contribution is 4.99. The van der Waals surface area contributed by atoms with E-state index >= 15 is 0 Å². The van der Waals surface area contributed by atoms with Gasteiger partial charge in [0, 0.05) is 19.0 Å². The number of rotatable bonds is 2. The molecule has 1 aromatic rings. The number of nitrogens with zero attached hydrogens (tertiary/aromatic N) is 3. The first-order chi connectivity index (χ1) is 5.92. The van der Waals surface area contributed by atoms with E-state index in [1.54, 1.807) is 6.33 Å². The topological polar surface area (TPSA) is 42.7 Å². The summed E-state index contributed by atoms with van der Waals surface area (Å²) in [4.78, 5) is 4.28. The molecule has 2 rings (SSSR count). The predicted molar refractivity (Wildman–Crippen MR) is 45.9 cm³/mol. The van der Waals surface area contributed by atoms with Crippen LogP contribution in [0.3, 0.4) is 0 Å². The highest BCUT2D eigenvalue weighted by Gasteiger charge is 2.20. The highest BCUT2D eigenvalue weighted by atomic mass is 15.3. The molecule has 1 aromatic heterocycles. The lowest BCUT2D eigenvalue weighted by atomic mass is 10.1. The van der Waals surface area contributed by atoms with Gasteiger partial charge in [-0.1, -0.05) is 0 Å². The molecule has 0 radical (unpaired) electrons. The van der Waals surface area contributed by atoms with Gasteiger partial charge in [-0.15, -0.1) is 0 Å². The van der Waals surface area contributed by atoms with Gasteiger partial charge < -0.3 is 5.32 Å². The molecule has 0 spiro atoms. The SMILES string of the molecule is CCn1ncnc1C1CCNC1. The molecule has 1 aliphatic rings. The Kier molecular flexibility index (Phi) is 2.08. The first kappa shape index (κ1) is 7.73. The summed E-state index contributed by atoms with van der Waals surface area (Å²) in [6.45, 7) is 5.19. The minimum Gasteiger partial charge on any atom is -0.316 e. The Morgan fingerprint density at radius 1 is 1.75 bits per heavy atom. The molecule has 1 unspecified atom stereocenters. The summed E-state index contributed by atoms with van der Waals surface area (Å²) in [7, 11) is 0. The normalized spacial score (nSPS) is 23.2. The van der Waals surface area contributed by atoms with E-state index in [9.17, 15) is 0 Å². The Hall–Kier alpha value is -0.900. The average Bonchev–Trinajstić information content (AvgIpc) is 2.74. The fraction of sp³-hybridized carbons (Fsp3) is 0.750. The molecule has 4 heteroatoms. The Labute approximate surface area is 72.0 Å². The maximum atomic E-state index is 4.28. The summed E-state index contributed by atoms with van der Waals surface area (Å²) >= 11 is 0. The van der Waals surface area contributed by atoms with Crippen molar-refractivity contribution in [3.8, 4) is 0 Å². The lowest BCUT2D eigenvalue weighted by Crippen LogP contribution is -2.12. The van der Waals surface area contributed by atoms with E-state index in [1.165, 1.54) is 6.42 Å². The third-order valence-corrected chi connectivity index (χ3v) is 2.37. The maximum absolute atomic E-state index is 4.28. The predicted octanol–water partition coefficient (Wildman–Crippen LogP) is 0.375. The van der Waals surface area contributed by atoms with Gasteiger partial charge in [0.1, 0.15) is 12.2 Å². The largest absolute Gasteiger partial charge is 0.316 e. The van der Waals surface area contributed by atoms with Crippen LogP contribution in [-0.2, 0) is 6.54 Å². The first-order valence-corrected chi connectivity index (χ1v) is 4.50. The maximum Gasteiger partial charge on any atom is 0.138 e. The van der Waals surface area contributed by atoms with Crippen molar-refractivity contribution in [1.29, 1.82) is 0 Å². The van der Waals surface area contributed by atoms with Gasteiger partial charge >= 0.3 is 0 Å². The summed E-state index contributed by atoms with van der Waals surface area (Å²) in [6, 6.07) is 0. The van der Waals surface area contributed by atoms with Crippen molar-refractivity contribution in [3.05, 3.63) is 12.2 Å². The zero-order valence-corrected chi connectivity index (χ0v) is 7.32. The van der Waals surface area contributed by atoms with Gasteiger partial charge in [0.25, 0.3) is 0 Å². The second kappa shape index (κ2) is 3.23. The van der Waals surface area contributed by atoms with Gasteiger partial charge in [-0.25, -0.2) is 4.98 Å². The van der Waals surface area contributed by atoms with Crippen LogP contribution in [0.15, 0.2) is 6.33 Å². The van der Waals surface area contributed by atoms with E-state index in [-0.39, 0.29) is 0 Å². The van der Waals surface area contributed by atoms with E-state index in [2.05, 4.69) is 22.3 Å². The van der Waals surface area contributed by atoms with Gasteiger partial charge in [-0.3, -0.25) is 4.68 Å². The van der Waals surface area contributed by atoms with Crippen molar-refractivity contribution in [3.63, 3.8) is 0 Å². The minimum absolute atomic E-state index is 0.576. The molecule has 1 fully saturated rings. The van der Waals surface area contributed by atoms with Gasteiger partial charge in [-0.05, 0) is 19.9 Å². The summed E-state index contributed by atoms with van der Waals surface area (Å²) in [5.74, 6) is 1.72. The molecule has 1 aliphatic heterocycles. The number of hydrogen-bond donors (Lipinski definition) is 1. The molecular weight excluding hydrogens is 152 g/mol. The highest BCUT2D eigenvalue weighted by Crippen LogP contribution is 2.19. The van der Waals surface area contributed by atoms with Crippen molar-refractivity contribution in [1.82, 2.24) is 20.1 Å². The monoisotopic (exact) mass is 166 g/mol. The fourth-order valence-electron chi connectivity index (χ4n) is 1.71. The fourth-order valence-corrected chi connectivity index (χ4v) is 1.71. The lowest BCUT2D eigenvalue weighted by Gasteiger charge is -2.07. The molecule has 0 amide bonds. The number of hydrogen-bond acceptors (Lipinski definition) is 3. The lowest BCUT2D eigenvalue weighted by molar-refractivity contribution is 0.570. The summed E-state index contributed by atoms with van der Waals surface area (Å²) in [6.07, 6.45) is 2.84. The van der Waals surface area contributed by atoms with E-state index < -0.39 is 0 Å². The number of aromatic nitrogens is 3. The van der Waals surface area contributed by atoms with Crippen molar-refractivity contribution < 1.29 is 0 Å². The van der Waals surface area contributed by atoms with Gasteiger partial charge in [0.2, 0.25) is 0 Å². The van der Waals surface area contributed by atoms with Crippen LogP contribution in [0.4, 0.5) is 0 Å². The van der Waals surface area contributed by atoms with Crippen molar-refractivity contribution >= 4 is 0 Å². The van der Waals surface area contributed by atoms with Crippen LogP contribution in [0.5, 0.6) is 0 Å². The Morgan fingerprint density at radius 2 is 2.67 bits per heavy atom. The molecule has 4 nitrogen and oxygen atoms in total. The van der Waals surface area contributed by atoms with Crippen LogP contribution in [0.2, 0.25) is 0 Å². The van der Waals surface area contributed by atoms with E-state index in [4.69, 9.17) is 0 Å². The zero-order valence-electron chi connectivity index (χ0n) is 7.32. The molecule has 0 bridgehead atoms. The van der Waals surface area contributed by atoms with Crippen LogP contribution in [0, 0.1) is 0 Å². The molecule has 0 aromatic carbocycles. The Bertz CT molecular complexity index is 249. The Morgan fingerprint density at radius 3 is 3.33 bits per heavy atom.